The van der Waals surface area contributed by atoms with Crippen LogP contribution in [0.1, 0.15) is 149 Å². The van der Waals surface area contributed by atoms with E-state index in [4.69, 9.17) is 44.9 Å². The van der Waals surface area contributed by atoms with Gasteiger partial charge in [-0.05, 0) is 151 Å². The van der Waals surface area contributed by atoms with Crippen LogP contribution in [-0.2, 0) is 120 Å². The first-order valence-electron chi connectivity index (χ1n) is 45.8. The Balaban J connectivity index is 1.87. The molecule has 0 aliphatic rings. The summed E-state index contributed by atoms with van der Waals surface area (Å²) < 4.78 is 0. The Morgan fingerprint density at radius 2 is 0.704 bits per heavy atom. The first-order chi connectivity index (χ1) is 67.0. The average Bonchev–Trinajstić information content (AvgIpc) is 0.846. The number of primary amides is 2. The van der Waals surface area contributed by atoms with Gasteiger partial charge in [0.15, 0.2) is 5.96 Å². The number of hydrogen-bond acceptors (Lipinski definition) is 30. The summed E-state index contributed by atoms with van der Waals surface area (Å²) in [4.78, 5) is 286. The first-order valence-corrected chi connectivity index (χ1v) is 45.8. The van der Waals surface area contributed by atoms with E-state index in [0.717, 1.165) is 26.3 Å². The van der Waals surface area contributed by atoms with Crippen LogP contribution in [0.3, 0.4) is 0 Å². The number of carboxylic acid groups (broad SMARTS) is 2. The molecule has 0 aliphatic carbocycles. The molecule has 3 aromatic carbocycles. The van der Waals surface area contributed by atoms with Crippen LogP contribution >= 0.6 is 0 Å². The lowest BCUT2D eigenvalue weighted by molar-refractivity contribution is -0.139. The molecule has 786 valence electrons. The molecule has 38 N–H and O–H groups in total. The van der Waals surface area contributed by atoms with Gasteiger partial charge < -0.3 is 166 Å². The number of aliphatic hydroxyl groups excluding tert-OH is 3. The molecule has 19 amide bonds. The van der Waals surface area contributed by atoms with Gasteiger partial charge in [-0.15, -0.1) is 0 Å². The van der Waals surface area contributed by atoms with Gasteiger partial charge in [0.2, 0.25) is 112 Å². The Bertz CT molecular complexity index is 4790. The molecule has 3 aromatic rings. The van der Waals surface area contributed by atoms with Crippen LogP contribution in [0.5, 0.6) is 11.5 Å². The van der Waals surface area contributed by atoms with Crippen molar-refractivity contribution in [1.82, 2.24) is 95.7 Å². The van der Waals surface area contributed by atoms with Crippen LogP contribution in [-0.4, -0.2) is 315 Å². The van der Waals surface area contributed by atoms with Gasteiger partial charge in [-0.2, -0.15) is 0 Å². The predicted octanol–water partition coefficient (Wildman–Crippen LogP) is -10.7. The van der Waals surface area contributed by atoms with Crippen molar-refractivity contribution >= 4 is 130 Å². The summed E-state index contributed by atoms with van der Waals surface area (Å²) in [6, 6.07) is -8.17. The van der Waals surface area contributed by atoms with Gasteiger partial charge in [-0.1, -0.05) is 88.7 Å². The lowest BCUT2D eigenvalue weighted by Crippen LogP contribution is -2.62. The third-order valence-electron chi connectivity index (χ3n) is 21.9. The molecule has 0 fully saturated rings. The molecule has 3 rings (SSSR count). The van der Waals surface area contributed by atoms with Gasteiger partial charge in [-0.3, -0.25) is 106 Å². The van der Waals surface area contributed by atoms with Crippen LogP contribution in [0.25, 0.3) is 0 Å². The fourth-order valence-corrected chi connectivity index (χ4v) is 13.6. The number of carboxylic acids is 2. The molecule has 0 saturated carbocycles. The number of aliphatic carboxylic acids is 2. The summed E-state index contributed by atoms with van der Waals surface area (Å²) in [5.74, 6) is -26.6. The van der Waals surface area contributed by atoms with Crippen molar-refractivity contribution in [2.45, 2.75) is 254 Å². The highest BCUT2D eigenvalue weighted by Crippen LogP contribution is 2.18. The lowest BCUT2D eigenvalue weighted by atomic mass is 9.96. The number of hydrogen-bond donors (Lipinski definition) is 32. The van der Waals surface area contributed by atoms with Gasteiger partial charge in [0, 0.05) is 25.8 Å². The van der Waals surface area contributed by atoms with E-state index < -0.39 is 310 Å². The summed E-state index contributed by atoms with van der Waals surface area (Å²) in [6.07, 6.45) is -5.22. The molecule has 0 saturated heterocycles. The second kappa shape index (κ2) is 63.0. The molecular formula is C89H137N25O28. The number of phenols is 2. The van der Waals surface area contributed by atoms with E-state index in [9.17, 15) is 131 Å². The van der Waals surface area contributed by atoms with Crippen LogP contribution < -0.4 is 130 Å². The van der Waals surface area contributed by atoms with Gasteiger partial charge in [0.25, 0.3) is 0 Å². The van der Waals surface area contributed by atoms with E-state index in [1.807, 2.05) is 0 Å². The topological polar surface area (TPSA) is 897 Å². The summed E-state index contributed by atoms with van der Waals surface area (Å²) in [6.45, 7) is 5.77. The maximum atomic E-state index is 14.5. The number of aliphatic hydroxyl groups is 3. The number of amides is 19. The number of carbonyl (C=O) groups is 21. The SMILES string of the molecule is CC[C@H](C)[C@H](NC(=O)[C@@H](N)Cc1ccccc1)C(=O)N[C@@H](CCCNC(=N)N)C(=O)N[C@@H](CC(N)=O)C(=O)N[C@@H](CCCCN)C(=O)N[C@@H](C)C(=O)N[C@@H](CC(N)=O)C(=O)NCC(=O)N[C@@H](Cc1ccc(O)cc1)C(=O)N[C@H](C(=O)N[C@@H](CCC(=O)O)C(=O)N[C@@H](Cc1ccc(O)cc1)C(=O)N[C@@H](CO)C(=O)N[C@@H](C)C(=O)N[C@@H](CO)C(=O)N[C@H](C(=O)N[C@@H](CCCCN)C(=O)NCC(=O)O)C(C)C)[C@@H](C)O. The van der Waals surface area contributed by atoms with Crippen molar-refractivity contribution in [2.75, 3.05) is 45.9 Å². The molecule has 0 aromatic heterocycles. The number of unbranched alkanes of at least 4 members (excludes halogenated alkanes) is 2. The van der Waals surface area contributed by atoms with E-state index in [0.29, 0.717) is 19.3 Å². The van der Waals surface area contributed by atoms with Crippen molar-refractivity contribution in [3.63, 3.8) is 0 Å². The molecule has 53 heteroatoms. The maximum absolute atomic E-state index is 14.5. The van der Waals surface area contributed by atoms with Gasteiger partial charge in [-0.25, -0.2) is 0 Å². The highest BCUT2D eigenvalue weighted by atomic mass is 16.4. The maximum Gasteiger partial charge on any atom is 0.322 e. The van der Waals surface area contributed by atoms with Crippen molar-refractivity contribution in [3.05, 3.63) is 95.6 Å². The quantitative estimate of drug-likeness (QED) is 0.0142. The molecule has 18 atom stereocenters. The Labute approximate surface area is 817 Å². The Kier molecular flexibility index (Phi) is 53.8. The Morgan fingerprint density at radius 1 is 0.352 bits per heavy atom. The zero-order chi connectivity index (χ0) is 107. The number of nitrogens with two attached hydrogens (primary N) is 6. The Hall–Kier alpha value is -14.8. The second-order valence-electron chi connectivity index (χ2n) is 34.0. The van der Waals surface area contributed by atoms with Gasteiger partial charge in [0.05, 0.1) is 44.7 Å². The molecule has 0 spiro atoms. The predicted molar refractivity (Wildman–Crippen MR) is 505 cm³/mol. The molecule has 142 heavy (non-hydrogen) atoms. The molecule has 0 radical (unpaired) electrons. The molecule has 0 bridgehead atoms. The zero-order valence-corrected chi connectivity index (χ0v) is 79.9. The van der Waals surface area contributed by atoms with Gasteiger partial charge >= 0.3 is 11.9 Å². The van der Waals surface area contributed by atoms with Crippen molar-refractivity contribution in [1.29, 1.82) is 5.41 Å². The zero-order valence-electron chi connectivity index (χ0n) is 79.9. The normalized spacial score (nSPS) is 14.8. The summed E-state index contributed by atoms with van der Waals surface area (Å²) in [5, 5.41) is 121. The number of aromatic hydroxyl groups is 2. The standard InChI is InChI=1S/C89H137N25O28/c1-8-45(4)71(113-75(129)54(92)35-49-17-10-9-11-18-49)87(141)105-57(21-16-34-97-89(95)96)79(133)109-62(39-66(94)121)82(136)103-56(20-13-15-33-91)78(132)100-46(5)73(127)107-61(38-65(93)120)77(131)98-40-67(122)102-59(36-50-22-26-52(118)27-23-50)83(137)114-72(48(7)117)88(142)106-58(30-31-68(123)124)80(134)108-60(37-51-24-28-53(119)29-25-51)81(135)111-63(42-115)84(138)101-47(6)74(128)110-64(43-116)85(139)112-70(44(2)3)86(140)104-55(19-12-14-32-90)76(130)99-41-69(125)126/h9-11,17-18,22-29,44-48,54-64,70-72,115-119H,8,12-16,19-21,30-43,90-92H2,1-7H3,(H2,93,120)(H2,94,121)(H,98,131)(H,99,130)(H,100,132)(H,101,138)(H,102,122)(H,103,136)(H,104,140)(H,105,141)(H,106,142)(H,107,127)(H,108,134)(H,109,133)(H,110,128)(H,111,135)(H,112,139)(H,113,129)(H,114,137)(H,123,124)(H,125,126)(H4,95,96,97)/t45-,46-,47-,48+,54-,55-,56-,57-,58-,59-,60-,61-,62-,63-,64-,70-,71-,72-/m0/s1. The van der Waals surface area contributed by atoms with E-state index in [1.165, 1.54) is 62.4 Å². The smallest absolute Gasteiger partial charge is 0.322 e. The molecule has 0 aliphatic heterocycles. The summed E-state index contributed by atoms with van der Waals surface area (Å²) in [7, 11) is 0. The van der Waals surface area contributed by atoms with Crippen LogP contribution in [0, 0.1) is 17.2 Å². The van der Waals surface area contributed by atoms with Crippen molar-refractivity contribution < 1.29 is 136 Å². The van der Waals surface area contributed by atoms with Crippen LogP contribution in [0.4, 0.5) is 0 Å². The lowest BCUT2D eigenvalue weighted by Gasteiger charge is -2.29. The highest BCUT2D eigenvalue weighted by molar-refractivity contribution is 6.02. The van der Waals surface area contributed by atoms with E-state index in [2.05, 4.69) is 95.7 Å². The molecule has 53 nitrogen and oxygen atoms in total. The minimum absolute atomic E-state index is 0.00988. The average molecular weight is 2010 g/mol. The van der Waals surface area contributed by atoms with Crippen LogP contribution in [0.15, 0.2) is 78.9 Å². The minimum Gasteiger partial charge on any atom is -0.508 e. The van der Waals surface area contributed by atoms with E-state index in [1.54, 1.807) is 44.2 Å². The fourth-order valence-electron chi connectivity index (χ4n) is 13.6. The largest absolute Gasteiger partial charge is 0.508 e. The second-order valence-corrected chi connectivity index (χ2v) is 34.0. The summed E-state index contributed by atoms with van der Waals surface area (Å²) >= 11 is 0. The number of rotatable bonds is 66. The third-order valence-corrected chi connectivity index (χ3v) is 21.9. The van der Waals surface area contributed by atoms with E-state index in [-0.39, 0.29) is 87.2 Å². The number of benzene rings is 3. The Morgan fingerprint density at radius 3 is 1.16 bits per heavy atom. The third kappa shape index (κ3) is 45.0. The molecule has 0 unspecified atom stereocenters. The monoisotopic (exact) mass is 2000 g/mol. The number of nitrogens with one attached hydrogen (secondary N) is 19. The van der Waals surface area contributed by atoms with Crippen molar-refractivity contribution in [2.24, 2.45) is 46.2 Å². The fraction of sp³-hybridized carbons (Fsp3) is 0.551. The number of guanidine groups is 1. The first kappa shape index (κ1) is 121. The van der Waals surface area contributed by atoms with Gasteiger partial charge in [0.1, 0.15) is 109 Å². The summed E-state index contributed by atoms with van der Waals surface area (Å²) in [5.41, 5.74) is 35.2. The highest BCUT2D eigenvalue weighted by Gasteiger charge is 2.41. The minimum atomic E-state index is -2.13. The van der Waals surface area contributed by atoms with Crippen molar-refractivity contribution in [3.8, 4) is 11.5 Å². The van der Waals surface area contributed by atoms with E-state index >= 15 is 0 Å². The number of phenolic OH excluding ortho intramolecular Hbond substituents is 2. The number of carbonyl (C=O) groups excluding carboxylic acids is 19. The molecular weight excluding hydrogens is 1870 g/mol. The molecule has 0 heterocycles. The van der Waals surface area contributed by atoms with Crippen LogP contribution in [0.2, 0.25) is 0 Å².